The van der Waals surface area contributed by atoms with Crippen molar-refractivity contribution in [1.29, 1.82) is 0 Å². The third-order valence-corrected chi connectivity index (χ3v) is 2.22. The van der Waals surface area contributed by atoms with Crippen LogP contribution < -0.4 is 0 Å². The third kappa shape index (κ3) is 1.95. The minimum absolute atomic E-state index is 0.0174. The average molecular weight is 215 g/mol. The molecule has 1 unspecified atom stereocenters. The van der Waals surface area contributed by atoms with Gasteiger partial charge in [-0.05, 0) is 23.8 Å². The predicted octanol–water partition coefficient (Wildman–Crippen LogP) is 2.97. The van der Waals surface area contributed by atoms with Gasteiger partial charge in [0.05, 0.1) is 0 Å². The zero-order valence-corrected chi connectivity index (χ0v) is 8.14. The fourth-order valence-electron chi connectivity index (χ4n) is 1.19. The molecule has 1 aliphatic rings. The van der Waals surface area contributed by atoms with Gasteiger partial charge in [-0.15, -0.1) is 0 Å². The van der Waals surface area contributed by atoms with Crippen LogP contribution in [0, 0.1) is 0 Å². The van der Waals surface area contributed by atoms with Gasteiger partial charge in [0.15, 0.2) is 0 Å². The van der Waals surface area contributed by atoms with Crippen molar-refractivity contribution in [2.45, 2.75) is 6.04 Å². The normalized spacial score (nSPS) is 20.3. The Morgan fingerprint density at radius 2 is 2.00 bits per heavy atom. The number of nitrogens with zero attached hydrogens (tertiary/aromatic N) is 1. The first kappa shape index (κ1) is 8.85. The molecule has 2 nitrogen and oxygen atoms in total. The number of ether oxygens (including phenoxy) is 1. The van der Waals surface area contributed by atoms with Gasteiger partial charge < -0.3 is 4.74 Å². The molecular weight excluding hydrogens is 209 g/mol. The van der Waals surface area contributed by atoms with Gasteiger partial charge in [0.1, 0.15) is 12.6 Å². The molecule has 1 heterocycles. The van der Waals surface area contributed by atoms with Gasteiger partial charge in [0, 0.05) is 10.0 Å². The molecule has 0 bridgehead atoms. The van der Waals surface area contributed by atoms with E-state index in [1.807, 2.05) is 12.1 Å². The second-order valence-electron chi connectivity index (χ2n) is 2.75. The van der Waals surface area contributed by atoms with Gasteiger partial charge in [-0.25, -0.2) is 4.99 Å². The highest BCUT2D eigenvalue weighted by molar-refractivity contribution is 6.34. The number of halogens is 2. The first-order chi connectivity index (χ1) is 6.25. The summed E-state index contributed by atoms with van der Waals surface area (Å²) in [5, 5.41) is 1.23. The summed E-state index contributed by atoms with van der Waals surface area (Å²) in [6.45, 7) is 0.511. The highest BCUT2D eigenvalue weighted by Gasteiger charge is 2.15. The monoisotopic (exact) mass is 214 g/mol. The van der Waals surface area contributed by atoms with Crippen LogP contribution in [0.1, 0.15) is 11.6 Å². The van der Waals surface area contributed by atoms with Crippen molar-refractivity contribution < 1.29 is 4.74 Å². The van der Waals surface area contributed by atoms with Crippen molar-refractivity contribution in [3.8, 4) is 0 Å². The smallest absolute Gasteiger partial charge is 0.273 e. The highest BCUT2D eigenvalue weighted by atomic mass is 35.5. The maximum Gasteiger partial charge on any atom is 0.273 e. The lowest BCUT2D eigenvalue weighted by molar-refractivity contribution is 0.330. The van der Waals surface area contributed by atoms with Crippen LogP contribution in [0.15, 0.2) is 23.2 Å². The molecular formula is C9H6Cl2NO. The zero-order valence-electron chi connectivity index (χ0n) is 6.63. The molecule has 0 N–H and O–H groups in total. The molecule has 2 rings (SSSR count). The topological polar surface area (TPSA) is 21.6 Å². The summed E-state index contributed by atoms with van der Waals surface area (Å²) in [5.74, 6) is 0. The lowest BCUT2D eigenvalue weighted by atomic mass is 10.1. The SMILES string of the molecule is Clc1cc(Cl)cc(C2CO[C]=N2)c1. The molecule has 0 saturated carbocycles. The van der Waals surface area contributed by atoms with Crippen molar-refractivity contribution in [2.75, 3.05) is 6.61 Å². The first-order valence-electron chi connectivity index (χ1n) is 3.78. The predicted molar refractivity (Wildman–Crippen MR) is 52.6 cm³/mol. The Morgan fingerprint density at radius 1 is 1.31 bits per heavy atom. The Hall–Kier alpha value is -0.730. The van der Waals surface area contributed by atoms with Gasteiger partial charge in [-0.3, -0.25) is 0 Å². The van der Waals surface area contributed by atoms with E-state index in [1.54, 1.807) is 6.07 Å². The van der Waals surface area contributed by atoms with Gasteiger partial charge in [0.25, 0.3) is 6.40 Å². The first-order valence-corrected chi connectivity index (χ1v) is 4.54. The quantitative estimate of drug-likeness (QED) is 0.705. The Labute approximate surface area is 86.1 Å². The van der Waals surface area contributed by atoms with E-state index in [9.17, 15) is 0 Å². The maximum atomic E-state index is 5.84. The molecule has 1 aliphatic heterocycles. The molecule has 1 radical (unpaired) electrons. The Balaban J connectivity index is 2.34. The van der Waals surface area contributed by atoms with Crippen LogP contribution in [0.3, 0.4) is 0 Å². The van der Waals surface area contributed by atoms with E-state index in [0.717, 1.165) is 5.56 Å². The van der Waals surface area contributed by atoms with E-state index in [2.05, 4.69) is 11.4 Å². The fraction of sp³-hybridized carbons (Fsp3) is 0.222. The van der Waals surface area contributed by atoms with Crippen LogP contribution in [0.2, 0.25) is 10.0 Å². The van der Waals surface area contributed by atoms with E-state index in [-0.39, 0.29) is 6.04 Å². The molecule has 1 atom stereocenters. The van der Waals surface area contributed by atoms with Crippen LogP contribution in [-0.2, 0) is 4.74 Å². The average Bonchev–Trinajstić information content (AvgIpc) is 2.53. The van der Waals surface area contributed by atoms with Crippen molar-refractivity contribution in [3.63, 3.8) is 0 Å². The van der Waals surface area contributed by atoms with E-state index >= 15 is 0 Å². The molecule has 0 spiro atoms. The molecule has 0 amide bonds. The maximum absolute atomic E-state index is 5.84. The molecule has 0 aromatic heterocycles. The Bertz CT molecular complexity index is 331. The number of hydrogen-bond donors (Lipinski definition) is 0. The van der Waals surface area contributed by atoms with E-state index in [1.165, 1.54) is 0 Å². The van der Waals surface area contributed by atoms with Crippen LogP contribution in [-0.4, -0.2) is 13.0 Å². The molecule has 0 fully saturated rings. The molecule has 1 aromatic rings. The summed E-state index contributed by atoms with van der Waals surface area (Å²) in [4.78, 5) is 4.00. The van der Waals surface area contributed by atoms with Crippen molar-refractivity contribution in [2.24, 2.45) is 4.99 Å². The summed E-state index contributed by atoms with van der Waals surface area (Å²) in [6.07, 6.45) is 2.45. The molecule has 67 valence electrons. The lowest BCUT2D eigenvalue weighted by Gasteiger charge is -2.06. The highest BCUT2D eigenvalue weighted by Crippen LogP contribution is 2.27. The van der Waals surface area contributed by atoms with Gasteiger partial charge in [0.2, 0.25) is 0 Å². The van der Waals surface area contributed by atoms with Gasteiger partial charge in [-0.2, -0.15) is 0 Å². The van der Waals surface area contributed by atoms with Crippen LogP contribution >= 0.6 is 23.2 Å². The van der Waals surface area contributed by atoms with Crippen LogP contribution in [0.5, 0.6) is 0 Å². The van der Waals surface area contributed by atoms with Crippen molar-refractivity contribution in [1.82, 2.24) is 0 Å². The van der Waals surface area contributed by atoms with Crippen molar-refractivity contribution >= 4 is 29.6 Å². The minimum atomic E-state index is -0.0174. The number of aliphatic imine (C=N–C) groups is 1. The Morgan fingerprint density at radius 3 is 2.54 bits per heavy atom. The minimum Gasteiger partial charge on any atom is -0.471 e. The fourth-order valence-corrected chi connectivity index (χ4v) is 1.74. The lowest BCUT2D eigenvalue weighted by Crippen LogP contribution is -1.97. The van der Waals surface area contributed by atoms with E-state index in [4.69, 9.17) is 27.9 Å². The summed E-state index contributed by atoms with van der Waals surface area (Å²) in [7, 11) is 0. The Kier molecular flexibility index (Phi) is 2.42. The van der Waals surface area contributed by atoms with Gasteiger partial charge >= 0.3 is 0 Å². The molecule has 0 aliphatic carbocycles. The van der Waals surface area contributed by atoms with Crippen LogP contribution in [0.4, 0.5) is 0 Å². The molecule has 1 aromatic carbocycles. The summed E-state index contributed by atoms with van der Waals surface area (Å²) >= 11 is 11.7. The third-order valence-electron chi connectivity index (χ3n) is 1.78. The van der Waals surface area contributed by atoms with Gasteiger partial charge in [-0.1, -0.05) is 23.2 Å². The number of rotatable bonds is 1. The number of benzene rings is 1. The summed E-state index contributed by atoms with van der Waals surface area (Å²) < 4.78 is 4.89. The standard InChI is InChI=1S/C9H6Cl2NO/c10-7-1-6(2-8(11)3-7)9-4-13-5-12-9/h1-3,9H,4H2. The van der Waals surface area contributed by atoms with Crippen molar-refractivity contribution in [3.05, 3.63) is 33.8 Å². The zero-order chi connectivity index (χ0) is 9.26. The largest absolute Gasteiger partial charge is 0.471 e. The molecule has 13 heavy (non-hydrogen) atoms. The molecule has 4 heteroatoms. The second kappa shape index (κ2) is 3.56. The molecule has 0 saturated heterocycles. The van der Waals surface area contributed by atoms with E-state index in [0.29, 0.717) is 16.7 Å². The number of hydrogen-bond acceptors (Lipinski definition) is 2. The summed E-state index contributed by atoms with van der Waals surface area (Å²) in [6, 6.07) is 5.34. The summed E-state index contributed by atoms with van der Waals surface area (Å²) in [5.41, 5.74) is 0.961. The van der Waals surface area contributed by atoms with Crippen LogP contribution in [0.25, 0.3) is 0 Å². The second-order valence-corrected chi connectivity index (χ2v) is 3.62. The van der Waals surface area contributed by atoms with E-state index < -0.39 is 0 Å².